The molecular weight excluding hydrogens is 286 g/mol. The normalized spacial score (nSPS) is 11.9. The number of aliphatic hydroxyl groups excluding tert-OH is 1. The molecule has 0 saturated carbocycles. The van der Waals surface area contributed by atoms with Crippen molar-refractivity contribution in [3.63, 3.8) is 0 Å². The van der Waals surface area contributed by atoms with Crippen LogP contribution in [-0.4, -0.2) is 44.4 Å². The topological polar surface area (TPSA) is 92.7 Å². The minimum atomic E-state index is -0.209. The monoisotopic (exact) mass is 311 g/mol. The van der Waals surface area contributed by atoms with Crippen LogP contribution in [0, 0.1) is 5.92 Å². The summed E-state index contributed by atoms with van der Waals surface area (Å²) in [6, 6.07) is 0. The van der Waals surface area contributed by atoms with E-state index in [4.69, 9.17) is 9.84 Å². The van der Waals surface area contributed by atoms with Gasteiger partial charge in [-0.25, -0.2) is 0 Å². The molecule has 0 saturated heterocycles. The first-order valence-corrected chi connectivity index (χ1v) is 6.84. The number of nitrogens with one attached hydrogen (secondary N) is 1. The molecule has 1 amide bonds. The third-order valence-corrected chi connectivity index (χ3v) is 2.53. The molecule has 0 aliphatic heterocycles. The zero-order chi connectivity index (χ0) is 17.2. The third-order valence-electron chi connectivity index (χ3n) is 2.53. The molecule has 0 heterocycles. The number of carbonyl (C=O) groups excluding carboxylic acids is 3. The molecule has 0 aliphatic rings. The molecule has 0 bridgehead atoms. The number of ether oxygens (including phenoxy) is 1. The Morgan fingerprint density at radius 2 is 2.05 bits per heavy atom. The van der Waals surface area contributed by atoms with Crippen LogP contribution in [0.4, 0.5) is 0 Å². The summed E-state index contributed by atoms with van der Waals surface area (Å²) in [6.07, 6.45) is 9.48. The molecule has 1 atom stereocenters. The van der Waals surface area contributed by atoms with Crippen LogP contribution >= 0.6 is 0 Å². The van der Waals surface area contributed by atoms with Gasteiger partial charge in [0, 0.05) is 26.5 Å². The number of hydrogen-bond acceptors (Lipinski definition) is 5. The van der Waals surface area contributed by atoms with E-state index in [1.807, 2.05) is 0 Å². The van der Waals surface area contributed by atoms with E-state index in [1.54, 1.807) is 31.4 Å². The molecule has 0 aromatic carbocycles. The van der Waals surface area contributed by atoms with Crippen molar-refractivity contribution in [2.45, 2.75) is 19.3 Å². The largest absolute Gasteiger partial charge is 0.486 e. The summed E-state index contributed by atoms with van der Waals surface area (Å²) < 4.78 is 5.15. The molecule has 124 valence electrons. The Labute approximate surface area is 131 Å². The molecule has 6 heteroatoms. The molecular formula is C16H25NO5. The van der Waals surface area contributed by atoms with Gasteiger partial charge in [0.2, 0.25) is 5.91 Å². The van der Waals surface area contributed by atoms with E-state index in [0.717, 1.165) is 13.4 Å². The Morgan fingerprint density at radius 1 is 1.36 bits per heavy atom. The standard InChI is InChI=1S/C15H21NO4.CH4O/c1-3-5-14(20-11-10-17)7-4-6-13(12-18)8-9-15(19)16-2;1-2/h3-5,7,10,12-13H,1,6,8-9,11H2,2H3,(H,16,19);2H,1H3/b7-4-,14-5+;. The number of aldehydes is 2. The van der Waals surface area contributed by atoms with E-state index in [0.29, 0.717) is 31.3 Å². The lowest BCUT2D eigenvalue weighted by Crippen LogP contribution is -2.18. The van der Waals surface area contributed by atoms with Crippen LogP contribution in [0.3, 0.4) is 0 Å². The SMILES string of the molecule is C=C/C=C(\C=C/CC(C=O)CCC(=O)NC)OCC=O.CO. The number of carbonyl (C=O) groups is 3. The van der Waals surface area contributed by atoms with Crippen molar-refractivity contribution in [2.75, 3.05) is 20.8 Å². The summed E-state index contributed by atoms with van der Waals surface area (Å²) >= 11 is 0. The summed E-state index contributed by atoms with van der Waals surface area (Å²) in [7, 11) is 2.56. The minimum Gasteiger partial charge on any atom is -0.486 e. The summed E-state index contributed by atoms with van der Waals surface area (Å²) in [5.74, 6) is 0.213. The Balaban J connectivity index is 0. The molecule has 0 aromatic rings. The lowest BCUT2D eigenvalue weighted by molar-refractivity contribution is -0.121. The molecule has 0 radical (unpaired) electrons. The van der Waals surface area contributed by atoms with Gasteiger partial charge in [-0.2, -0.15) is 0 Å². The lowest BCUT2D eigenvalue weighted by Gasteiger charge is -2.07. The number of allylic oxidation sites excluding steroid dienone is 4. The molecule has 2 N–H and O–H groups in total. The number of rotatable bonds is 11. The fourth-order valence-electron chi connectivity index (χ4n) is 1.44. The van der Waals surface area contributed by atoms with Crippen LogP contribution in [-0.2, 0) is 19.1 Å². The van der Waals surface area contributed by atoms with Gasteiger partial charge < -0.3 is 20.0 Å². The fourth-order valence-corrected chi connectivity index (χ4v) is 1.44. The van der Waals surface area contributed by atoms with E-state index in [-0.39, 0.29) is 18.4 Å². The second-order valence-electron chi connectivity index (χ2n) is 4.03. The molecule has 0 aliphatic carbocycles. The molecule has 22 heavy (non-hydrogen) atoms. The summed E-state index contributed by atoms with van der Waals surface area (Å²) in [5, 5.41) is 9.51. The first-order valence-electron chi connectivity index (χ1n) is 6.84. The second kappa shape index (κ2) is 16.8. The van der Waals surface area contributed by atoms with Crippen LogP contribution < -0.4 is 5.32 Å². The predicted octanol–water partition coefficient (Wildman–Crippen LogP) is 1.17. The van der Waals surface area contributed by atoms with Crippen LogP contribution in [0.1, 0.15) is 19.3 Å². The highest BCUT2D eigenvalue weighted by molar-refractivity contribution is 5.75. The summed E-state index contributed by atoms with van der Waals surface area (Å²) in [4.78, 5) is 32.2. The predicted molar refractivity (Wildman–Crippen MR) is 85.1 cm³/mol. The Morgan fingerprint density at radius 3 is 2.55 bits per heavy atom. The first-order chi connectivity index (χ1) is 10.7. The molecule has 0 aromatic heterocycles. The fraction of sp³-hybridized carbons (Fsp3) is 0.438. The van der Waals surface area contributed by atoms with Crippen molar-refractivity contribution in [2.24, 2.45) is 5.92 Å². The van der Waals surface area contributed by atoms with Crippen LogP contribution in [0.5, 0.6) is 0 Å². The molecule has 6 nitrogen and oxygen atoms in total. The second-order valence-corrected chi connectivity index (χ2v) is 4.03. The smallest absolute Gasteiger partial charge is 0.219 e. The average Bonchev–Trinajstić information content (AvgIpc) is 2.56. The van der Waals surface area contributed by atoms with E-state index < -0.39 is 0 Å². The van der Waals surface area contributed by atoms with E-state index in [2.05, 4.69) is 11.9 Å². The Bertz CT molecular complexity index is 388. The van der Waals surface area contributed by atoms with Gasteiger partial charge in [0.15, 0.2) is 6.29 Å². The van der Waals surface area contributed by atoms with Crippen molar-refractivity contribution >= 4 is 18.5 Å². The van der Waals surface area contributed by atoms with Gasteiger partial charge in [-0.1, -0.05) is 18.7 Å². The highest BCUT2D eigenvalue weighted by Crippen LogP contribution is 2.11. The maximum absolute atomic E-state index is 11.1. The van der Waals surface area contributed by atoms with E-state index >= 15 is 0 Å². The van der Waals surface area contributed by atoms with Crippen LogP contribution in [0.15, 0.2) is 36.6 Å². The summed E-state index contributed by atoms with van der Waals surface area (Å²) in [6.45, 7) is 3.52. The zero-order valence-electron chi connectivity index (χ0n) is 13.2. The van der Waals surface area contributed by atoms with Crippen molar-refractivity contribution in [1.29, 1.82) is 0 Å². The number of amides is 1. The molecule has 0 fully saturated rings. The van der Waals surface area contributed by atoms with Gasteiger partial charge in [0.05, 0.1) is 0 Å². The van der Waals surface area contributed by atoms with Gasteiger partial charge in [-0.05, 0) is 25.0 Å². The first kappa shape index (κ1) is 22.1. The maximum Gasteiger partial charge on any atom is 0.219 e. The highest BCUT2D eigenvalue weighted by atomic mass is 16.5. The zero-order valence-corrected chi connectivity index (χ0v) is 13.2. The van der Waals surface area contributed by atoms with Gasteiger partial charge in [-0.3, -0.25) is 9.59 Å². The Kier molecular flexibility index (Phi) is 16.9. The van der Waals surface area contributed by atoms with Crippen LogP contribution in [0.25, 0.3) is 0 Å². The number of aliphatic hydroxyl groups is 1. The van der Waals surface area contributed by atoms with Crippen molar-refractivity contribution in [1.82, 2.24) is 5.32 Å². The van der Waals surface area contributed by atoms with E-state index in [9.17, 15) is 14.4 Å². The van der Waals surface area contributed by atoms with Gasteiger partial charge in [-0.15, -0.1) is 0 Å². The van der Waals surface area contributed by atoms with E-state index in [1.165, 1.54) is 0 Å². The average molecular weight is 311 g/mol. The molecule has 0 spiro atoms. The Hall–Kier alpha value is -2.21. The number of hydrogen-bond donors (Lipinski definition) is 2. The molecule has 1 unspecified atom stereocenters. The lowest BCUT2D eigenvalue weighted by atomic mass is 10.0. The highest BCUT2D eigenvalue weighted by Gasteiger charge is 2.08. The maximum atomic E-state index is 11.1. The third kappa shape index (κ3) is 12.8. The quantitative estimate of drug-likeness (QED) is 0.339. The summed E-state index contributed by atoms with van der Waals surface area (Å²) in [5.41, 5.74) is 0. The van der Waals surface area contributed by atoms with Gasteiger partial charge in [0.25, 0.3) is 0 Å². The van der Waals surface area contributed by atoms with Crippen molar-refractivity contribution in [3.8, 4) is 0 Å². The van der Waals surface area contributed by atoms with Crippen molar-refractivity contribution in [3.05, 3.63) is 36.6 Å². The van der Waals surface area contributed by atoms with Gasteiger partial charge in [0.1, 0.15) is 18.7 Å². The minimum absolute atomic E-state index is 0.0300. The van der Waals surface area contributed by atoms with Crippen LogP contribution in [0.2, 0.25) is 0 Å². The van der Waals surface area contributed by atoms with Crippen molar-refractivity contribution < 1.29 is 24.2 Å². The van der Waals surface area contributed by atoms with Gasteiger partial charge >= 0.3 is 0 Å². The molecule has 0 rings (SSSR count).